The van der Waals surface area contributed by atoms with Crippen molar-refractivity contribution in [2.45, 2.75) is 25.7 Å². The second-order valence-corrected chi connectivity index (χ2v) is 8.50. The van der Waals surface area contributed by atoms with E-state index in [1.54, 1.807) is 6.07 Å². The molecule has 1 aliphatic heterocycles. The molecule has 0 saturated heterocycles. The van der Waals surface area contributed by atoms with Gasteiger partial charge in [-0.3, -0.25) is 34.2 Å². The summed E-state index contributed by atoms with van der Waals surface area (Å²) in [4.78, 5) is 72.7. The second kappa shape index (κ2) is 11.9. The molecule has 0 aliphatic carbocycles. The number of Topliss-reactive ketones (excluding diaryl/α,β-unsaturated/α-hetero) is 1. The Morgan fingerprint density at radius 1 is 0.923 bits per heavy atom. The number of fused-ring (bicyclic) bond motifs is 1. The third-order valence-corrected chi connectivity index (χ3v) is 5.91. The average Bonchev–Trinajstić information content (AvgIpc) is 3.55. The van der Waals surface area contributed by atoms with E-state index in [0.29, 0.717) is 19.3 Å². The molecule has 0 atom stereocenters. The number of carbonyl (C=O) groups is 5. The van der Waals surface area contributed by atoms with Crippen LogP contribution in [0.3, 0.4) is 0 Å². The topological polar surface area (TPSA) is 163 Å². The van der Waals surface area contributed by atoms with Gasteiger partial charge in [-0.05, 0) is 55.3 Å². The van der Waals surface area contributed by atoms with Crippen LogP contribution in [0.4, 0.5) is 5.69 Å². The van der Waals surface area contributed by atoms with Crippen molar-refractivity contribution in [3.8, 4) is 5.75 Å². The summed E-state index contributed by atoms with van der Waals surface area (Å²) in [5, 5.41) is 11.2. The SMILES string of the molecule is O=C(CCCCCN1C(=O)c2cccc([N+](=O)[O-])c2C1=O)OCC(=O)c1ccc(OC(=O)c2ccco2)cc1. The van der Waals surface area contributed by atoms with Crippen molar-refractivity contribution < 1.29 is 42.8 Å². The summed E-state index contributed by atoms with van der Waals surface area (Å²) < 4.78 is 15.1. The van der Waals surface area contributed by atoms with Gasteiger partial charge in [0, 0.05) is 24.6 Å². The highest BCUT2D eigenvalue weighted by Crippen LogP contribution is 2.30. The number of unbranched alkanes of at least 4 members (excludes halogenated alkanes) is 2. The Bertz CT molecular complexity index is 1430. The Morgan fingerprint density at radius 3 is 2.38 bits per heavy atom. The smallest absolute Gasteiger partial charge is 0.379 e. The van der Waals surface area contributed by atoms with Gasteiger partial charge >= 0.3 is 11.9 Å². The number of nitro benzene ring substituents is 1. The van der Waals surface area contributed by atoms with Crippen molar-refractivity contribution in [1.82, 2.24) is 4.90 Å². The van der Waals surface area contributed by atoms with E-state index in [1.165, 1.54) is 54.8 Å². The van der Waals surface area contributed by atoms with Crippen LogP contribution in [0.1, 0.15) is 67.3 Å². The lowest BCUT2D eigenvalue weighted by Crippen LogP contribution is -2.30. The Labute approximate surface area is 221 Å². The van der Waals surface area contributed by atoms with Crippen LogP contribution in [0.2, 0.25) is 0 Å². The first-order valence-electron chi connectivity index (χ1n) is 11.9. The largest absolute Gasteiger partial charge is 0.457 e. The van der Waals surface area contributed by atoms with Crippen LogP contribution >= 0.6 is 0 Å². The molecular formula is C27H22N2O10. The van der Waals surface area contributed by atoms with E-state index in [0.717, 1.165) is 4.90 Å². The number of rotatable bonds is 12. The predicted molar refractivity (Wildman–Crippen MR) is 132 cm³/mol. The number of hydrogen-bond acceptors (Lipinski definition) is 10. The van der Waals surface area contributed by atoms with Crippen LogP contribution in [-0.2, 0) is 9.53 Å². The Morgan fingerprint density at radius 2 is 1.69 bits per heavy atom. The van der Waals surface area contributed by atoms with E-state index in [-0.39, 0.29) is 41.2 Å². The summed E-state index contributed by atoms with van der Waals surface area (Å²) in [5.41, 5.74) is -0.339. The van der Waals surface area contributed by atoms with Crippen molar-refractivity contribution >= 4 is 35.2 Å². The molecule has 0 unspecified atom stereocenters. The summed E-state index contributed by atoms with van der Waals surface area (Å²) >= 11 is 0. The van der Waals surface area contributed by atoms with Crippen molar-refractivity contribution in [3.05, 3.63) is 93.4 Å². The van der Waals surface area contributed by atoms with E-state index in [9.17, 15) is 34.1 Å². The van der Waals surface area contributed by atoms with Gasteiger partial charge in [-0.1, -0.05) is 12.5 Å². The fraction of sp³-hybridized carbons (Fsp3) is 0.222. The standard InChI is InChI=1S/C27H22N2O10/c30-21(17-10-12-18(13-11-17)39-27(34)22-8-5-15-37-22)16-38-23(31)9-2-1-3-14-28-25(32)19-6-4-7-20(29(35)36)24(19)26(28)33/h4-8,10-13,15H,1-3,9,14,16H2. The number of nitro groups is 1. The van der Waals surface area contributed by atoms with E-state index in [1.807, 2.05) is 0 Å². The third kappa shape index (κ3) is 6.24. The highest BCUT2D eigenvalue weighted by molar-refractivity contribution is 6.23. The number of ketones is 1. The van der Waals surface area contributed by atoms with Crippen molar-refractivity contribution in [1.29, 1.82) is 0 Å². The molecule has 2 aromatic carbocycles. The van der Waals surface area contributed by atoms with Gasteiger partial charge in [-0.2, -0.15) is 0 Å². The van der Waals surface area contributed by atoms with Crippen LogP contribution in [0.15, 0.2) is 65.3 Å². The molecule has 0 fully saturated rings. The molecule has 12 nitrogen and oxygen atoms in total. The molecule has 12 heteroatoms. The summed E-state index contributed by atoms with van der Waals surface area (Å²) in [6, 6.07) is 12.7. The van der Waals surface area contributed by atoms with Crippen LogP contribution in [0.5, 0.6) is 5.75 Å². The molecule has 39 heavy (non-hydrogen) atoms. The Hall–Kier alpha value is -5.13. The van der Waals surface area contributed by atoms with Crippen LogP contribution in [0.25, 0.3) is 0 Å². The number of benzene rings is 2. The maximum Gasteiger partial charge on any atom is 0.379 e. The maximum absolute atomic E-state index is 12.6. The Balaban J connectivity index is 1.15. The molecule has 0 saturated carbocycles. The van der Waals surface area contributed by atoms with Gasteiger partial charge in [-0.15, -0.1) is 0 Å². The van der Waals surface area contributed by atoms with Gasteiger partial charge < -0.3 is 13.9 Å². The van der Waals surface area contributed by atoms with Crippen molar-refractivity contribution in [2.24, 2.45) is 0 Å². The zero-order valence-corrected chi connectivity index (χ0v) is 20.5. The Kier molecular flexibility index (Phi) is 8.24. The molecule has 0 radical (unpaired) electrons. The minimum absolute atomic E-state index is 0.00646. The molecule has 2 amide bonds. The molecule has 1 aromatic heterocycles. The molecule has 2 heterocycles. The first-order chi connectivity index (χ1) is 18.8. The van der Waals surface area contributed by atoms with E-state index in [4.69, 9.17) is 13.9 Å². The molecular weight excluding hydrogens is 512 g/mol. The van der Waals surface area contributed by atoms with Crippen molar-refractivity contribution in [2.75, 3.05) is 13.2 Å². The van der Waals surface area contributed by atoms with Gasteiger partial charge in [0.05, 0.1) is 16.7 Å². The monoisotopic (exact) mass is 534 g/mol. The first kappa shape index (κ1) is 26.9. The highest BCUT2D eigenvalue weighted by Gasteiger charge is 2.40. The molecule has 0 bridgehead atoms. The average molecular weight is 534 g/mol. The van der Waals surface area contributed by atoms with Crippen LogP contribution in [0, 0.1) is 10.1 Å². The van der Waals surface area contributed by atoms with Gasteiger partial charge in [0.15, 0.2) is 12.4 Å². The van der Waals surface area contributed by atoms with E-state index < -0.39 is 46.8 Å². The van der Waals surface area contributed by atoms with Gasteiger partial charge in [-0.25, -0.2) is 4.79 Å². The minimum Gasteiger partial charge on any atom is -0.457 e. The molecule has 200 valence electrons. The zero-order valence-electron chi connectivity index (χ0n) is 20.5. The number of furan rings is 1. The summed E-state index contributed by atoms with van der Waals surface area (Å²) in [5.74, 6) is -2.73. The fourth-order valence-corrected chi connectivity index (χ4v) is 3.95. The number of nitrogens with zero attached hydrogens (tertiary/aromatic N) is 2. The van der Waals surface area contributed by atoms with Gasteiger partial charge in [0.1, 0.15) is 11.3 Å². The van der Waals surface area contributed by atoms with Gasteiger partial charge in [0.2, 0.25) is 5.76 Å². The molecule has 0 spiro atoms. The number of amides is 2. The first-order valence-corrected chi connectivity index (χ1v) is 11.9. The van der Waals surface area contributed by atoms with Crippen LogP contribution in [-0.4, -0.2) is 52.5 Å². The summed E-state index contributed by atoms with van der Waals surface area (Å²) in [7, 11) is 0. The summed E-state index contributed by atoms with van der Waals surface area (Å²) in [6.45, 7) is -0.401. The van der Waals surface area contributed by atoms with E-state index >= 15 is 0 Å². The van der Waals surface area contributed by atoms with E-state index in [2.05, 4.69) is 0 Å². The lowest BCUT2D eigenvalue weighted by Gasteiger charge is -2.13. The van der Waals surface area contributed by atoms with Gasteiger partial charge in [0.25, 0.3) is 17.5 Å². The minimum atomic E-state index is -0.705. The summed E-state index contributed by atoms with van der Waals surface area (Å²) in [6.07, 6.45) is 2.64. The maximum atomic E-state index is 12.6. The highest BCUT2D eigenvalue weighted by atomic mass is 16.6. The number of ether oxygens (including phenoxy) is 2. The zero-order chi connectivity index (χ0) is 27.9. The lowest BCUT2D eigenvalue weighted by molar-refractivity contribution is -0.385. The number of carbonyl (C=O) groups excluding carboxylic acids is 5. The molecule has 4 rings (SSSR count). The predicted octanol–water partition coefficient (Wildman–Crippen LogP) is 3.99. The molecule has 3 aromatic rings. The third-order valence-electron chi connectivity index (χ3n) is 5.91. The van der Waals surface area contributed by atoms with Crippen LogP contribution < -0.4 is 4.74 Å². The number of imide groups is 1. The second-order valence-electron chi connectivity index (χ2n) is 8.50. The normalized spacial score (nSPS) is 12.3. The molecule has 0 N–H and O–H groups in total. The quantitative estimate of drug-likeness (QED) is 0.0631. The molecule has 1 aliphatic rings. The fourth-order valence-electron chi connectivity index (χ4n) is 3.95. The van der Waals surface area contributed by atoms with Crippen molar-refractivity contribution in [3.63, 3.8) is 0 Å². The number of hydrogen-bond donors (Lipinski definition) is 0. The lowest BCUT2D eigenvalue weighted by atomic mass is 10.1. The number of esters is 2.